The van der Waals surface area contributed by atoms with Crippen LogP contribution in [0.1, 0.15) is 60.9 Å². The summed E-state index contributed by atoms with van der Waals surface area (Å²) >= 11 is 0. The maximum absolute atomic E-state index is 13.2. The number of hydrogen-bond acceptors (Lipinski definition) is 5. The third-order valence-corrected chi connectivity index (χ3v) is 7.37. The first kappa shape index (κ1) is 22.7. The number of hydrogen-bond donors (Lipinski definition) is 2. The molecule has 2 aliphatic heterocycles. The first-order valence-corrected chi connectivity index (χ1v) is 11.6. The number of carbonyl (C=O) groups is 3. The van der Waals surface area contributed by atoms with Crippen LogP contribution in [0.4, 0.5) is 4.79 Å². The minimum atomic E-state index is -1.40. The van der Waals surface area contributed by atoms with Gasteiger partial charge in [0.15, 0.2) is 0 Å². The number of nitrogens with zero attached hydrogens (tertiary/aromatic N) is 2. The Morgan fingerprint density at radius 1 is 1.22 bits per heavy atom. The molecule has 3 amide bonds. The number of likely N-dealkylation sites (N-methyl/N-ethyl adjacent to an activating group) is 1. The number of rotatable bonds is 5. The summed E-state index contributed by atoms with van der Waals surface area (Å²) in [6.45, 7) is 3.01. The summed E-state index contributed by atoms with van der Waals surface area (Å²) in [4.78, 5) is 40.4. The summed E-state index contributed by atoms with van der Waals surface area (Å²) in [5.41, 5.74) is 0.914. The van der Waals surface area contributed by atoms with Crippen molar-refractivity contribution in [2.24, 2.45) is 0 Å². The molecule has 8 nitrogen and oxygen atoms in total. The Morgan fingerprint density at radius 3 is 2.69 bits per heavy atom. The Balaban J connectivity index is 1.45. The highest BCUT2D eigenvalue weighted by Crippen LogP contribution is 2.43. The molecule has 0 aromatic heterocycles. The van der Waals surface area contributed by atoms with Crippen molar-refractivity contribution in [1.29, 1.82) is 0 Å². The summed E-state index contributed by atoms with van der Waals surface area (Å²) in [5, 5.41) is 10.6. The molecule has 3 fully saturated rings. The number of likely N-dealkylation sites (tertiary alicyclic amines) is 1. The predicted molar refractivity (Wildman–Crippen MR) is 119 cm³/mol. The van der Waals surface area contributed by atoms with Crippen LogP contribution in [0.25, 0.3) is 0 Å². The minimum Gasteiger partial charge on any atom is -0.465 e. The molecule has 4 rings (SSSR count). The van der Waals surface area contributed by atoms with E-state index < -0.39 is 12.0 Å². The van der Waals surface area contributed by atoms with Gasteiger partial charge in [0.2, 0.25) is 5.91 Å². The number of amides is 3. The molecule has 174 valence electrons. The maximum atomic E-state index is 13.2. The lowest BCUT2D eigenvalue weighted by Gasteiger charge is -2.48. The molecule has 2 saturated heterocycles. The van der Waals surface area contributed by atoms with Crippen LogP contribution in [0, 0.1) is 0 Å². The average molecular weight is 444 g/mol. The summed E-state index contributed by atoms with van der Waals surface area (Å²) in [6, 6.07) is 7.06. The van der Waals surface area contributed by atoms with Crippen molar-refractivity contribution in [2.75, 3.05) is 26.7 Å². The molecule has 1 aliphatic carbocycles. The zero-order valence-corrected chi connectivity index (χ0v) is 18.7. The maximum Gasteiger partial charge on any atom is 0.411 e. The molecule has 0 bridgehead atoms. The van der Waals surface area contributed by atoms with Gasteiger partial charge in [-0.15, -0.1) is 0 Å². The zero-order valence-electron chi connectivity index (χ0n) is 18.7. The second kappa shape index (κ2) is 9.58. The molecule has 0 unspecified atom stereocenters. The van der Waals surface area contributed by atoms with Crippen LogP contribution in [-0.2, 0) is 16.0 Å². The van der Waals surface area contributed by atoms with E-state index >= 15 is 0 Å². The fourth-order valence-corrected chi connectivity index (χ4v) is 5.71. The molecule has 8 heteroatoms. The lowest BCUT2D eigenvalue weighted by Crippen LogP contribution is -2.58. The Bertz CT molecular complexity index is 861. The van der Waals surface area contributed by atoms with E-state index in [1.807, 2.05) is 17.3 Å². The van der Waals surface area contributed by atoms with E-state index in [4.69, 9.17) is 9.84 Å². The van der Waals surface area contributed by atoms with Gasteiger partial charge < -0.3 is 14.7 Å². The monoisotopic (exact) mass is 443 g/mol. The van der Waals surface area contributed by atoms with Crippen LogP contribution in [0.5, 0.6) is 0 Å². The second-order valence-corrected chi connectivity index (χ2v) is 9.40. The van der Waals surface area contributed by atoms with Crippen molar-refractivity contribution in [3.63, 3.8) is 0 Å². The Kier molecular flexibility index (Phi) is 6.81. The molecule has 0 radical (unpaired) electrons. The number of ether oxygens (including phenoxy) is 1. The van der Waals surface area contributed by atoms with Crippen LogP contribution in [-0.4, -0.2) is 77.2 Å². The number of imide groups is 1. The third-order valence-electron chi connectivity index (χ3n) is 7.37. The molecular weight excluding hydrogens is 410 g/mol. The molecule has 32 heavy (non-hydrogen) atoms. The van der Waals surface area contributed by atoms with Gasteiger partial charge in [-0.2, -0.15) is 0 Å². The molecule has 1 aromatic carbocycles. The molecular formula is C24H33N3O5. The van der Waals surface area contributed by atoms with Gasteiger partial charge in [0, 0.05) is 31.3 Å². The molecule has 2 N–H and O–H groups in total. The Hall–Kier alpha value is -2.45. The van der Waals surface area contributed by atoms with Gasteiger partial charge in [-0.1, -0.05) is 12.1 Å². The molecule has 1 saturated carbocycles. The van der Waals surface area contributed by atoms with Crippen LogP contribution >= 0.6 is 0 Å². The van der Waals surface area contributed by atoms with Gasteiger partial charge >= 0.3 is 6.09 Å². The molecule has 3 aliphatic rings. The quantitative estimate of drug-likeness (QED) is 0.726. The fraction of sp³-hybridized carbons (Fsp3) is 0.625. The SMILES string of the molecule is CN(C(=O)Cc1cccc(C(=O)NC(=O)O)c1)[C@H]1CC[C@]2(CCCO2)C[C@@H]1N1CCCC1. The minimum absolute atomic E-state index is 0.0123. The van der Waals surface area contributed by atoms with Crippen molar-refractivity contribution >= 4 is 17.9 Å². The standard InChI is InChI=1S/C24H33N3O5/c1-26(21(28)15-17-6-4-7-18(14-17)22(29)25-23(30)31)19-8-10-24(9-5-13-32-24)16-20(19)27-11-2-3-12-27/h4,6-7,14,19-20H,2-3,5,8-13,15-16H2,1H3,(H,25,29)(H,30,31)/t19-,20-,24+/m0/s1. The van der Waals surface area contributed by atoms with Crippen molar-refractivity contribution in [3.8, 4) is 0 Å². The predicted octanol–water partition coefficient (Wildman–Crippen LogP) is 2.66. The van der Waals surface area contributed by atoms with Gasteiger partial charge in [0.1, 0.15) is 0 Å². The topological polar surface area (TPSA) is 99.2 Å². The number of carboxylic acid groups (broad SMARTS) is 1. The molecule has 1 spiro atoms. The lowest BCUT2D eigenvalue weighted by atomic mass is 9.76. The fourth-order valence-electron chi connectivity index (χ4n) is 5.71. The van der Waals surface area contributed by atoms with Crippen LogP contribution in [0.3, 0.4) is 0 Å². The number of nitrogens with one attached hydrogen (secondary N) is 1. The summed E-state index contributed by atoms with van der Waals surface area (Å²) < 4.78 is 6.21. The van der Waals surface area contributed by atoms with E-state index in [0.29, 0.717) is 11.6 Å². The Morgan fingerprint density at radius 2 is 2.00 bits per heavy atom. The van der Waals surface area contributed by atoms with Crippen molar-refractivity contribution in [1.82, 2.24) is 15.1 Å². The van der Waals surface area contributed by atoms with E-state index in [-0.39, 0.29) is 29.5 Å². The number of benzene rings is 1. The lowest BCUT2D eigenvalue weighted by molar-refractivity contribution is -0.136. The van der Waals surface area contributed by atoms with E-state index in [0.717, 1.165) is 51.8 Å². The van der Waals surface area contributed by atoms with Gasteiger partial charge in [-0.3, -0.25) is 19.8 Å². The molecule has 1 aromatic rings. The third kappa shape index (κ3) is 4.96. The normalized spacial score (nSPS) is 28.0. The highest BCUT2D eigenvalue weighted by Gasteiger charge is 2.47. The van der Waals surface area contributed by atoms with Crippen LogP contribution < -0.4 is 5.32 Å². The van der Waals surface area contributed by atoms with E-state index in [1.54, 1.807) is 24.3 Å². The first-order chi connectivity index (χ1) is 15.4. The van der Waals surface area contributed by atoms with Crippen molar-refractivity contribution in [2.45, 2.75) is 69.1 Å². The molecule has 2 heterocycles. The van der Waals surface area contributed by atoms with E-state index in [1.165, 1.54) is 12.8 Å². The highest BCUT2D eigenvalue weighted by molar-refractivity contribution is 6.02. The van der Waals surface area contributed by atoms with Gasteiger partial charge in [0.25, 0.3) is 5.91 Å². The highest BCUT2D eigenvalue weighted by atomic mass is 16.5. The summed E-state index contributed by atoms with van der Waals surface area (Å²) in [5.74, 6) is -0.679. The largest absolute Gasteiger partial charge is 0.465 e. The van der Waals surface area contributed by atoms with Crippen molar-refractivity contribution in [3.05, 3.63) is 35.4 Å². The zero-order chi connectivity index (χ0) is 22.7. The van der Waals surface area contributed by atoms with Gasteiger partial charge in [-0.05, 0) is 75.7 Å². The smallest absolute Gasteiger partial charge is 0.411 e. The average Bonchev–Trinajstić information content (AvgIpc) is 3.46. The second-order valence-electron chi connectivity index (χ2n) is 9.40. The van der Waals surface area contributed by atoms with E-state index in [2.05, 4.69) is 4.90 Å². The van der Waals surface area contributed by atoms with Gasteiger partial charge in [-0.25, -0.2) is 4.79 Å². The van der Waals surface area contributed by atoms with Crippen LogP contribution in [0.2, 0.25) is 0 Å². The first-order valence-electron chi connectivity index (χ1n) is 11.6. The summed E-state index contributed by atoms with van der Waals surface area (Å²) in [6.07, 6.45) is 6.35. The van der Waals surface area contributed by atoms with Crippen molar-refractivity contribution < 1.29 is 24.2 Å². The number of carbonyl (C=O) groups excluding carboxylic acids is 2. The summed E-state index contributed by atoms with van der Waals surface area (Å²) in [7, 11) is 1.89. The van der Waals surface area contributed by atoms with Gasteiger partial charge in [0.05, 0.1) is 12.0 Å². The molecule has 3 atom stereocenters. The van der Waals surface area contributed by atoms with Crippen LogP contribution in [0.15, 0.2) is 24.3 Å². The van der Waals surface area contributed by atoms with E-state index in [9.17, 15) is 14.4 Å². The Labute approximate surface area is 188 Å².